The van der Waals surface area contributed by atoms with Crippen LogP contribution in [0, 0.1) is 6.92 Å². The summed E-state index contributed by atoms with van der Waals surface area (Å²) in [6.07, 6.45) is 0.829. The molecule has 0 aliphatic rings. The Morgan fingerprint density at radius 2 is 1.52 bits per heavy atom. The lowest BCUT2D eigenvalue weighted by Crippen LogP contribution is -2.11. The van der Waals surface area contributed by atoms with Crippen molar-refractivity contribution in [2.24, 2.45) is 0 Å². The number of ether oxygens (including phenoxy) is 1. The van der Waals surface area contributed by atoms with E-state index in [0.717, 1.165) is 41.0 Å². The van der Waals surface area contributed by atoms with Crippen LogP contribution in [0.5, 0.6) is 11.5 Å². The van der Waals surface area contributed by atoms with E-state index in [1.54, 1.807) is 13.2 Å². The van der Waals surface area contributed by atoms with Crippen molar-refractivity contribution in [1.82, 2.24) is 0 Å². The number of phenolic OH excluding ortho intramolecular Hbond substituents is 1. The molecule has 0 saturated heterocycles. The maximum atomic E-state index is 10.4. The molecule has 0 aliphatic heterocycles. The molecule has 0 radical (unpaired) electrons. The first-order chi connectivity index (χ1) is 14.8. The third kappa shape index (κ3) is 5.04. The van der Waals surface area contributed by atoms with Gasteiger partial charge in [-0.15, -0.1) is 0 Å². The minimum absolute atomic E-state index is 0.267. The Morgan fingerprint density at radius 1 is 0.871 bits per heavy atom. The van der Waals surface area contributed by atoms with E-state index in [2.05, 4.69) is 70.3 Å². The average Bonchev–Trinajstić information content (AvgIpc) is 2.73. The lowest BCUT2D eigenvalue weighted by Gasteiger charge is -2.21. The van der Waals surface area contributed by atoms with Gasteiger partial charge < -0.3 is 15.2 Å². The number of para-hydroxylation sites is 2. The first-order valence-electron chi connectivity index (χ1n) is 11.2. The van der Waals surface area contributed by atoms with Crippen LogP contribution in [0.15, 0.2) is 54.6 Å². The maximum Gasteiger partial charge on any atom is 0.130 e. The fourth-order valence-electron chi connectivity index (χ4n) is 4.25. The lowest BCUT2D eigenvalue weighted by atomic mass is 9.92. The van der Waals surface area contributed by atoms with Crippen LogP contribution in [-0.2, 0) is 6.42 Å². The van der Waals surface area contributed by atoms with Crippen LogP contribution in [0.4, 0.5) is 5.69 Å². The van der Waals surface area contributed by atoms with Crippen LogP contribution >= 0.6 is 0 Å². The molecule has 3 aromatic rings. The fourth-order valence-corrected chi connectivity index (χ4v) is 4.25. The summed E-state index contributed by atoms with van der Waals surface area (Å²) in [6.45, 7) is 11.9. The van der Waals surface area contributed by atoms with Crippen LogP contribution in [-0.4, -0.2) is 18.8 Å². The van der Waals surface area contributed by atoms with E-state index in [1.807, 2.05) is 18.2 Å². The number of nitrogens with one attached hydrogen (secondary N) is 1. The van der Waals surface area contributed by atoms with Gasteiger partial charge in [-0.1, -0.05) is 70.2 Å². The number of anilines is 1. The Morgan fingerprint density at radius 3 is 2.10 bits per heavy atom. The van der Waals surface area contributed by atoms with Crippen molar-refractivity contribution < 1.29 is 9.84 Å². The summed E-state index contributed by atoms with van der Waals surface area (Å²) in [5, 5.41) is 14.1. The zero-order valence-electron chi connectivity index (χ0n) is 19.6. The van der Waals surface area contributed by atoms with Crippen molar-refractivity contribution in [3.63, 3.8) is 0 Å². The maximum absolute atomic E-state index is 10.4. The highest BCUT2D eigenvalue weighted by Gasteiger charge is 2.16. The second-order valence-electron chi connectivity index (χ2n) is 8.82. The molecule has 0 bridgehead atoms. The molecule has 2 N–H and O–H groups in total. The summed E-state index contributed by atoms with van der Waals surface area (Å²) in [5.74, 6) is 2.02. The largest absolute Gasteiger partial charge is 0.507 e. The first kappa shape index (κ1) is 22.7. The molecule has 164 valence electrons. The van der Waals surface area contributed by atoms with Gasteiger partial charge in [0.2, 0.25) is 0 Å². The topological polar surface area (TPSA) is 41.5 Å². The van der Waals surface area contributed by atoms with Gasteiger partial charge >= 0.3 is 0 Å². The fraction of sp³-hybridized carbons (Fsp3) is 0.357. The summed E-state index contributed by atoms with van der Waals surface area (Å²) in [5.41, 5.74) is 8.00. The quantitative estimate of drug-likeness (QED) is 0.405. The Balaban J connectivity index is 1.91. The van der Waals surface area contributed by atoms with Crippen molar-refractivity contribution in [2.45, 2.75) is 52.9 Å². The zero-order valence-corrected chi connectivity index (χ0v) is 19.6. The summed E-state index contributed by atoms with van der Waals surface area (Å²) in [7, 11) is 1.70. The van der Waals surface area contributed by atoms with Gasteiger partial charge in [0.15, 0.2) is 0 Å². The highest BCUT2D eigenvalue weighted by molar-refractivity contribution is 5.77. The van der Waals surface area contributed by atoms with Gasteiger partial charge in [0, 0.05) is 23.4 Å². The monoisotopic (exact) mass is 417 g/mol. The molecule has 0 aromatic heterocycles. The smallest absolute Gasteiger partial charge is 0.130 e. The van der Waals surface area contributed by atoms with Gasteiger partial charge in [-0.05, 0) is 59.6 Å². The predicted molar refractivity (Wildman–Crippen MR) is 132 cm³/mol. The Hall–Kier alpha value is -2.94. The minimum atomic E-state index is 0.267. The van der Waals surface area contributed by atoms with Crippen molar-refractivity contribution in [2.75, 3.05) is 19.0 Å². The van der Waals surface area contributed by atoms with Crippen LogP contribution < -0.4 is 10.1 Å². The first-order valence-corrected chi connectivity index (χ1v) is 11.2. The Kier molecular flexibility index (Phi) is 7.27. The van der Waals surface area contributed by atoms with Crippen LogP contribution in [0.3, 0.4) is 0 Å². The predicted octanol–water partition coefficient (Wildman–Crippen LogP) is 7.28. The Labute approximate surface area is 187 Å². The summed E-state index contributed by atoms with van der Waals surface area (Å²) < 4.78 is 5.83. The van der Waals surface area contributed by atoms with Gasteiger partial charge in [-0.3, -0.25) is 0 Å². The van der Waals surface area contributed by atoms with E-state index in [4.69, 9.17) is 4.74 Å². The number of aryl methyl sites for hydroxylation is 1. The van der Waals surface area contributed by atoms with Crippen molar-refractivity contribution in [3.8, 4) is 22.6 Å². The van der Waals surface area contributed by atoms with Gasteiger partial charge in [0.1, 0.15) is 11.5 Å². The number of benzene rings is 3. The van der Waals surface area contributed by atoms with E-state index in [0.29, 0.717) is 11.8 Å². The summed E-state index contributed by atoms with van der Waals surface area (Å²) in [6, 6.07) is 18.3. The van der Waals surface area contributed by atoms with E-state index >= 15 is 0 Å². The van der Waals surface area contributed by atoms with Gasteiger partial charge in [-0.2, -0.15) is 0 Å². The molecule has 0 unspecified atom stereocenters. The number of hydrogen-bond acceptors (Lipinski definition) is 3. The molecule has 31 heavy (non-hydrogen) atoms. The third-order valence-electron chi connectivity index (χ3n) is 5.78. The van der Waals surface area contributed by atoms with E-state index in [1.165, 1.54) is 16.8 Å². The molecule has 0 saturated carbocycles. The third-order valence-corrected chi connectivity index (χ3v) is 5.78. The molecule has 0 atom stereocenters. The number of methoxy groups -OCH3 is 1. The molecule has 3 aromatic carbocycles. The van der Waals surface area contributed by atoms with E-state index in [9.17, 15) is 5.11 Å². The number of phenols is 1. The van der Waals surface area contributed by atoms with Crippen LogP contribution in [0.2, 0.25) is 0 Å². The molecular formula is C28H35NO2. The second-order valence-corrected chi connectivity index (χ2v) is 8.82. The highest BCUT2D eigenvalue weighted by Crippen LogP contribution is 2.39. The van der Waals surface area contributed by atoms with Gasteiger partial charge in [0.25, 0.3) is 0 Å². The highest BCUT2D eigenvalue weighted by atomic mass is 16.5. The normalized spacial score (nSPS) is 11.2. The molecule has 3 heteroatoms. The molecule has 3 rings (SSSR count). The molecule has 0 amide bonds. The average molecular weight is 418 g/mol. The van der Waals surface area contributed by atoms with Gasteiger partial charge in [0.05, 0.1) is 7.11 Å². The summed E-state index contributed by atoms with van der Waals surface area (Å²) in [4.78, 5) is 0. The van der Waals surface area contributed by atoms with Crippen LogP contribution in [0.25, 0.3) is 11.1 Å². The lowest BCUT2D eigenvalue weighted by molar-refractivity contribution is 0.411. The number of aromatic hydroxyl groups is 1. The summed E-state index contributed by atoms with van der Waals surface area (Å²) >= 11 is 0. The van der Waals surface area contributed by atoms with Crippen LogP contribution in [0.1, 0.15) is 61.8 Å². The van der Waals surface area contributed by atoms with Crippen molar-refractivity contribution in [3.05, 3.63) is 76.9 Å². The molecule has 0 heterocycles. The molecule has 0 aliphatic carbocycles. The standard InChI is InChI=1S/C28H35NO2/c1-18(2)22-11-9-12-23(19(3)4)27(22)29-15-14-21-16-20(5)17-25(28(21)31-6)24-10-7-8-13-26(24)30/h7-13,16-19,29-30H,14-15H2,1-6H3. The molecule has 0 spiro atoms. The second kappa shape index (κ2) is 9.91. The molecule has 3 nitrogen and oxygen atoms in total. The minimum Gasteiger partial charge on any atom is -0.507 e. The molecular weight excluding hydrogens is 382 g/mol. The van der Waals surface area contributed by atoms with Gasteiger partial charge in [-0.25, -0.2) is 0 Å². The molecule has 0 fully saturated rings. The Bertz CT molecular complexity index is 1010. The van der Waals surface area contributed by atoms with E-state index in [-0.39, 0.29) is 5.75 Å². The number of rotatable bonds is 8. The number of hydrogen-bond donors (Lipinski definition) is 2. The van der Waals surface area contributed by atoms with E-state index < -0.39 is 0 Å². The zero-order chi connectivity index (χ0) is 22.5. The van der Waals surface area contributed by atoms with Crippen molar-refractivity contribution in [1.29, 1.82) is 0 Å². The van der Waals surface area contributed by atoms with Crippen molar-refractivity contribution >= 4 is 5.69 Å². The SMILES string of the molecule is COc1c(CCNc2c(C(C)C)cccc2C(C)C)cc(C)cc1-c1ccccc1O.